The second kappa shape index (κ2) is 20.3. The first-order valence-electron chi connectivity index (χ1n) is 16.7. The van der Waals surface area contributed by atoms with E-state index in [1.54, 1.807) is 32.9 Å². The molecule has 0 aromatic heterocycles. The summed E-state index contributed by atoms with van der Waals surface area (Å²) in [6, 6.07) is 6.50. The smallest absolute Gasteiger partial charge is 0.407 e. The normalized spacial score (nSPS) is 14.5. The summed E-state index contributed by atoms with van der Waals surface area (Å²) < 4.78 is 11.5. The van der Waals surface area contributed by atoms with Gasteiger partial charge in [-0.3, -0.25) is 9.59 Å². The van der Waals surface area contributed by atoms with Gasteiger partial charge in [-0.15, -0.1) is 0 Å². The largest absolute Gasteiger partial charge is 0.493 e. The van der Waals surface area contributed by atoms with Crippen molar-refractivity contribution in [2.45, 2.75) is 105 Å². The lowest BCUT2D eigenvalue weighted by atomic mass is 9.82. The number of alkyl carbamates (subject to hydrolysis) is 1. The number of amides is 3. The number of hydrogen-bond donors (Lipinski definition) is 4. The molecular formula is C35H62N4O6. The SMILES string of the molecule is CCCCNC(=O)C(CC(O)C(CC(CNC(=O)c1ccccc1OCCCN(C)C)C(C)C)NC(=O)OC(C)(C)C)C(C)C. The summed E-state index contributed by atoms with van der Waals surface area (Å²) in [5.74, 6) is -0.205. The first kappa shape index (κ1) is 40.2. The van der Waals surface area contributed by atoms with Gasteiger partial charge in [-0.1, -0.05) is 53.2 Å². The topological polar surface area (TPSA) is 129 Å². The molecule has 4 unspecified atom stereocenters. The van der Waals surface area contributed by atoms with E-state index < -0.39 is 29.8 Å². The fraction of sp³-hybridized carbons (Fsp3) is 0.743. The second-order valence-electron chi connectivity index (χ2n) is 14.0. The highest BCUT2D eigenvalue weighted by Crippen LogP contribution is 2.25. The predicted molar refractivity (Wildman–Crippen MR) is 180 cm³/mol. The zero-order valence-corrected chi connectivity index (χ0v) is 29.6. The fourth-order valence-corrected chi connectivity index (χ4v) is 4.98. The molecule has 0 bridgehead atoms. The molecule has 1 aromatic rings. The van der Waals surface area contributed by atoms with Crippen molar-refractivity contribution in [1.29, 1.82) is 0 Å². The average molecular weight is 635 g/mol. The third-order valence-corrected chi connectivity index (χ3v) is 7.80. The van der Waals surface area contributed by atoms with E-state index in [-0.39, 0.29) is 36.0 Å². The van der Waals surface area contributed by atoms with Crippen LogP contribution < -0.4 is 20.7 Å². The van der Waals surface area contributed by atoms with Crippen LogP contribution in [0.5, 0.6) is 5.75 Å². The molecule has 4 N–H and O–H groups in total. The first-order valence-corrected chi connectivity index (χ1v) is 16.7. The number of aliphatic hydroxyl groups is 1. The van der Waals surface area contributed by atoms with Crippen LogP contribution in [0.3, 0.4) is 0 Å². The van der Waals surface area contributed by atoms with E-state index in [2.05, 4.69) is 27.8 Å². The summed E-state index contributed by atoms with van der Waals surface area (Å²) in [5, 5.41) is 20.4. The zero-order chi connectivity index (χ0) is 34.2. The number of ether oxygens (including phenoxy) is 2. The van der Waals surface area contributed by atoms with Gasteiger partial charge in [0.25, 0.3) is 5.91 Å². The molecule has 1 aromatic carbocycles. The van der Waals surface area contributed by atoms with Crippen molar-refractivity contribution in [2.75, 3.05) is 40.3 Å². The van der Waals surface area contributed by atoms with Gasteiger partial charge in [-0.05, 0) is 90.4 Å². The molecule has 1 rings (SSSR count). The third kappa shape index (κ3) is 16.3. The van der Waals surface area contributed by atoms with Crippen molar-refractivity contribution >= 4 is 17.9 Å². The maximum atomic E-state index is 13.3. The number of nitrogens with one attached hydrogen (secondary N) is 3. The van der Waals surface area contributed by atoms with Crippen LogP contribution in [0.4, 0.5) is 4.79 Å². The van der Waals surface area contributed by atoms with Crippen LogP contribution >= 0.6 is 0 Å². The van der Waals surface area contributed by atoms with E-state index in [0.29, 0.717) is 37.4 Å². The molecule has 0 aliphatic carbocycles. The number of hydrogen-bond acceptors (Lipinski definition) is 7. The molecule has 10 nitrogen and oxygen atoms in total. The molecule has 0 heterocycles. The Morgan fingerprint density at radius 3 is 2.20 bits per heavy atom. The highest BCUT2D eigenvalue weighted by Gasteiger charge is 2.33. The molecule has 45 heavy (non-hydrogen) atoms. The van der Waals surface area contributed by atoms with Crippen molar-refractivity contribution in [1.82, 2.24) is 20.9 Å². The Bertz CT molecular complexity index is 1020. The molecule has 0 saturated heterocycles. The predicted octanol–water partition coefficient (Wildman–Crippen LogP) is 5.24. The number of aliphatic hydroxyl groups excluding tert-OH is 1. The molecule has 0 aliphatic heterocycles. The monoisotopic (exact) mass is 634 g/mol. The Hall–Kier alpha value is -2.85. The molecule has 0 radical (unpaired) electrons. The van der Waals surface area contributed by atoms with Crippen LogP contribution in [-0.4, -0.2) is 86.0 Å². The molecular weight excluding hydrogens is 572 g/mol. The van der Waals surface area contributed by atoms with Crippen LogP contribution in [0.15, 0.2) is 24.3 Å². The van der Waals surface area contributed by atoms with Gasteiger partial charge in [-0.2, -0.15) is 0 Å². The Balaban J connectivity index is 3.09. The summed E-state index contributed by atoms with van der Waals surface area (Å²) in [5.41, 5.74) is -0.255. The van der Waals surface area contributed by atoms with Crippen LogP contribution in [0.2, 0.25) is 0 Å². The summed E-state index contributed by atoms with van der Waals surface area (Å²) in [6.07, 6.45) is 1.62. The number of benzene rings is 1. The maximum Gasteiger partial charge on any atom is 0.407 e. The Morgan fingerprint density at radius 2 is 1.62 bits per heavy atom. The fourth-order valence-electron chi connectivity index (χ4n) is 4.98. The first-order chi connectivity index (χ1) is 21.0. The summed E-state index contributed by atoms with van der Waals surface area (Å²) in [7, 11) is 4.01. The highest BCUT2D eigenvalue weighted by atomic mass is 16.6. The van der Waals surface area contributed by atoms with Crippen LogP contribution in [0, 0.1) is 23.7 Å². The van der Waals surface area contributed by atoms with Gasteiger partial charge >= 0.3 is 6.09 Å². The standard InChI is InChI=1S/C35H62N4O6/c1-11-12-18-36-33(42)28(25(4)5)22-30(40)29(38-34(43)45-35(6,7)8)21-26(24(2)3)23-37-32(41)27-16-13-14-17-31(27)44-20-15-19-39(9)10/h13-14,16-17,24-26,28-30,40H,11-12,15,18-23H2,1-10H3,(H,36,42)(H,37,41)(H,38,43). The number of rotatable bonds is 20. The minimum Gasteiger partial charge on any atom is -0.493 e. The number of carbonyl (C=O) groups excluding carboxylic acids is 3. The van der Waals surface area contributed by atoms with Gasteiger partial charge in [0.1, 0.15) is 11.4 Å². The lowest BCUT2D eigenvalue weighted by molar-refractivity contribution is -0.127. The van der Waals surface area contributed by atoms with Crippen molar-refractivity contribution in [3.8, 4) is 5.75 Å². The number of carbonyl (C=O) groups is 3. The summed E-state index contributed by atoms with van der Waals surface area (Å²) in [6.45, 7) is 17.7. The van der Waals surface area contributed by atoms with E-state index >= 15 is 0 Å². The van der Waals surface area contributed by atoms with Crippen LogP contribution in [0.1, 0.15) is 97.9 Å². The molecule has 258 valence electrons. The van der Waals surface area contributed by atoms with Gasteiger partial charge in [-0.25, -0.2) is 4.79 Å². The number of para-hydroxylation sites is 1. The lowest BCUT2D eigenvalue weighted by Gasteiger charge is -2.33. The molecule has 0 spiro atoms. The number of unbranched alkanes of at least 4 members (excludes halogenated alkanes) is 1. The highest BCUT2D eigenvalue weighted by molar-refractivity contribution is 5.96. The second-order valence-corrected chi connectivity index (χ2v) is 14.0. The van der Waals surface area contributed by atoms with E-state index in [4.69, 9.17) is 9.47 Å². The van der Waals surface area contributed by atoms with Crippen molar-refractivity contribution in [3.05, 3.63) is 29.8 Å². The van der Waals surface area contributed by atoms with Gasteiger partial charge in [0.15, 0.2) is 0 Å². The quantitative estimate of drug-likeness (QED) is 0.144. The Labute approximate surface area is 272 Å². The average Bonchev–Trinajstić information content (AvgIpc) is 2.94. The summed E-state index contributed by atoms with van der Waals surface area (Å²) >= 11 is 0. The number of nitrogens with zero attached hydrogens (tertiary/aromatic N) is 1. The molecule has 0 saturated carbocycles. The van der Waals surface area contributed by atoms with Gasteiger partial charge in [0.05, 0.1) is 24.3 Å². The minimum atomic E-state index is -1.00. The van der Waals surface area contributed by atoms with Crippen molar-refractivity contribution in [3.63, 3.8) is 0 Å². The molecule has 0 aliphatic rings. The van der Waals surface area contributed by atoms with Crippen molar-refractivity contribution < 1.29 is 29.0 Å². The van der Waals surface area contributed by atoms with Crippen LogP contribution in [0.25, 0.3) is 0 Å². The molecule has 4 atom stereocenters. The van der Waals surface area contributed by atoms with Gasteiger partial charge in [0.2, 0.25) is 5.91 Å². The third-order valence-electron chi connectivity index (χ3n) is 7.80. The lowest BCUT2D eigenvalue weighted by Crippen LogP contribution is -2.49. The van der Waals surface area contributed by atoms with E-state index in [9.17, 15) is 19.5 Å². The Morgan fingerprint density at radius 1 is 0.956 bits per heavy atom. The molecule has 0 fully saturated rings. The Kier molecular flexibility index (Phi) is 18.1. The maximum absolute atomic E-state index is 13.3. The summed E-state index contributed by atoms with van der Waals surface area (Å²) in [4.78, 5) is 41.3. The van der Waals surface area contributed by atoms with Gasteiger partial charge < -0.3 is 35.4 Å². The molecule has 3 amide bonds. The van der Waals surface area contributed by atoms with Gasteiger partial charge in [0, 0.05) is 25.6 Å². The van der Waals surface area contributed by atoms with E-state index in [1.165, 1.54) is 0 Å². The minimum absolute atomic E-state index is 0.00574. The van der Waals surface area contributed by atoms with Crippen LogP contribution in [-0.2, 0) is 9.53 Å². The van der Waals surface area contributed by atoms with E-state index in [0.717, 1.165) is 25.8 Å². The van der Waals surface area contributed by atoms with E-state index in [1.807, 2.05) is 53.9 Å². The zero-order valence-electron chi connectivity index (χ0n) is 29.6. The molecule has 10 heteroatoms. The van der Waals surface area contributed by atoms with Crippen molar-refractivity contribution in [2.24, 2.45) is 23.7 Å².